The minimum absolute atomic E-state index is 0.238. The fourth-order valence-corrected chi connectivity index (χ4v) is 1.71. The maximum absolute atomic E-state index is 5.61. The van der Waals surface area contributed by atoms with E-state index in [0.29, 0.717) is 0 Å². The molecule has 0 spiro atoms. The molecule has 0 saturated carbocycles. The van der Waals surface area contributed by atoms with Gasteiger partial charge in [-0.2, -0.15) is 0 Å². The smallest absolute Gasteiger partial charge is 0.0472 e. The highest BCUT2D eigenvalue weighted by atomic mass is 15.2. The summed E-state index contributed by atoms with van der Waals surface area (Å²) in [5.74, 6) is 5.61. The number of hydrogen-bond acceptors (Lipinski definition) is 3. The van der Waals surface area contributed by atoms with Crippen molar-refractivity contribution < 1.29 is 0 Å². The van der Waals surface area contributed by atoms with Crippen LogP contribution in [0, 0.1) is 13.8 Å². The third kappa shape index (κ3) is 3.59. The molecule has 16 heavy (non-hydrogen) atoms. The molecule has 90 valence electrons. The van der Waals surface area contributed by atoms with Gasteiger partial charge in [-0.3, -0.25) is 11.3 Å². The predicted octanol–water partition coefficient (Wildman–Crippen LogP) is 1.76. The Bertz CT molecular complexity index is 334. The lowest BCUT2D eigenvalue weighted by Gasteiger charge is -2.19. The van der Waals surface area contributed by atoms with Crippen LogP contribution in [0.1, 0.15) is 29.2 Å². The van der Waals surface area contributed by atoms with Gasteiger partial charge in [0.2, 0.25) is 0 Å². The Morgan fingerprint density at radius 1 is 1.25 bits per heavy atom. The van der Waals surface area contributed by atoms with Crippen molar-refractivity contribution in [2.24, 2.45) is 5.84 Å². The quantitative estimate of drug-likeness (QED) is 0.588. The molecule has 0 aliphatic carbocycles. The molecular weight excluding hydrogens is 198 g/mol. The highest BCUT2D eigenvalue weighted by Crippen LogP contribution is 2.19. The molecule has 1 rings (SSSR count). The number of nitrogens with one attached hydrogen (secondary N) is 1. The van der Waals surface area contributed by atoms with Gasteiger partial charge >= 0.3 is 0 Å². The van der Waals surface area contributed by atoms with Crippen LogP contribution in [0.15, 0.2) is 18.2 Å². The Morgan fingerprint density at radius 3 is 2.44 bits per heavy atom. The van der Waals surface area contributed by atoms with Gasteiger partial charge in [0.15, 0.2) is 0 Å². The fraction of sp³-hybridized carbons (Fsp3) is 0.538. The lowest BCUT2D eigenvalue weighted by molar-refractivity contribution is 0.363. The first-order chi connectivity index (χ1) is 7.54. The molecular formula is C13H23N3. The van der Waals surface area contributed by atoms with Gasteiger partial charge in [-0.15, -0.1) is 0 Å². The van der Waals surface area contributed by atoms with Crippen LogP contribution in [0.5, 0.6) is 0 Å². The highest BCUT2D eigenvalue weighted by Gasteiger charge is 2.10. The zero-order valence-corrected chi connectivity index (χ0v) is 10.7. The first kappa shape index (κ1) is 13.2. The monoisotopic (exact) mass is 221 g/mol. The van der Waals surface area contributed by atoms with Gasteiger partial charge in [-0.25, -0.2) is 0 Å². The van der Waals surface area contributed by atoms with Crippen molar-refractivity contribution >= 4 is 0 Å². The number of nitrogens with zero attached hydrogens (tertiary/aromatic N) is 1. The molecule has 0 radical (unpaired) electrons. The van der Waals surface area contributed by atoms with E-state index in [1.807, 2.05) is 0 Å². The zero-order chi connectivity index (χ0) is 12.1. The van der Waals surface area contributed by atoms with Crippen LogP contribution < -0.4 is 11.3 Å². The molecule has 0 heterocycles. The summed E-state index contributed by atoms with van der Waals surface area (Å²) in [7, 11) is 4.15. The molecule has 0 fully saturated rings. The van der Waals surface area contributed by atoms with E-state index in [1.54, 1.807) is 0 Å². The third-order valence-corrected chi connectivity index (χ3v) is 3.00. The Morgan fingerprint density at radius 2 is 1.94 bits per heavy atom. The second-order valence-corrected chi connectivity index (χ2v) is 4.65. The van der Waals surface area contributed by atoms with Gasteiger partial charge < -0.3 is 4.90 Å². The number of aryl methyl sites for hydroxylation is 2. The van der Waals surface area contributed by atoms with E-state index >= 15 is 0 Å². The first-order valence-electron chi connectivity index (χ1n) is 5.72. The number of hydrogen-bond donors (Lipinski definition) is 2. The minimum Gasteiger partial charge on any atom is -0.309 e. The van der Waals surface area contributed by atoms with E-state index in [9.17, 15) is 0 Å². The van der Waals surface area contributed by atoms with Crippen LogP contribution in [0.3, 0.4) is 0 Å². The lowest BCUT2D eigenvalue weighted by atomic mass is 9.99. The zero-order valence-electron chi connectivity index (χ0n) is 10.7. The molecule has 0 aromatic heterocycles. The van der Waals surface area contributed by atoms with Crippen LogP contribution in [0.2, 0.25) is 0 Å². The van der Waals surface area contributed by atoms with Crippen molar-refractivity contribution in [2.75, 3.05) is 20.6 Å². The topological polar surface area (TPSA) is 41.3 Å². The summed E-state index contributed by atoms with van der Waals surface area (Å²) in [4.78, 5) is 2.17. The molecule has 1 unspecified atom stereocenters. The number of hydrazine groups is 1. The predicted molar refractivity (Wildman–Crippen MR) is 69.2 cm³/mol. The summed E-state index contributed by atoms with van der Waals surface area (Å²) in [5, 5.41) is 0. The third-order valence-electron chi connectivity index (χ3n) is 3.00. The Balaban J connectivity index is 2.74. The second-order valence-electron chi connectivity index (χ2n) is 4.65. The Labute approximate surface area is 98.6 Å². The second kappa shape index (κ2) is 5.99. The molecule has 0 bridgehead atoms. The highest BCUT2D eigenvalue weighted by molar-refractivity contribution is 5.31. The molecule has 1 aromatic carbocycles. The standard InChI is InChI=1S/C13H23N3/c1-10-5-6-12(9-11(10)2)13(15-14)7-8-16(3)4/h5-6,9,13,15H,7-8,14H2,1-4H3. The van der Waals surface area contributed by atoms with Crippen LogP contribution in [-0.4, -0.2) is 25.5 Å². The maximum atomic E-state index is 5.61. The number of rotatable bonds is 5. The van der Waals surface area contributed by atoms with Gasteiger partial charge in [0.25, 0.3) is 0 Å². The van der Waals surface area contributed by atoms with E-state index in [4.69, 9.17) is 5.84 Å². The molecule has 3 heteroatoms. The van der Waals surface area contributed by atoms with Crippen molar-refractivity contribution in [3.8, 4) is 0 Å². The van der Waals surface area contributed by atoms with Crippen molar-refractivity contribution in [1.29, 1.82) is 0 Å². The molecule has 1 aromatic rings. The normalized spacial score (nSPS) is 13.1. The average molecular weight is 221 g/mol. The number of benzene rings is 1. The minimum atomic E-state index is 0.238. The van der Waals surface area contributed by atoms with Crippen LogP contribution in [-0.2, 0) is 0 Å². The van der Waals surface area contributed by atoms with E-state index in [0.717, 1.165) is 13.0 Å². The summed E-state index contributed by atoms with van der Waals surface area (Å²) >= 11 is 0. The van der Waals surface area contributed by atoms with Gasteiger partial charge in [0.05, 0.1) is 0 Å². The van der Waals surface area contributed by atoms with Gasteiger partial charge in [-0.1, -0.05) is 18.2 Å². The molecule has 0 amide bonds. The van der Waals surface area contributed by atoms with E-state index < -0.39 is 0 Å². The molecule has 0 aliphatic heterocycles. The summed E-state index contributed by atoms with van der Waals surface area (Å²) in [6.45, 7) is 5.30. The summed E-state index contributed by atoms with van der Waals surface area (Å²) in [6.07, 6.45) is 1.02. The van der Waals surface area contributed by atoms with Crippen molar-refractivity contribution in [1.82, 2.24) is 10.3 Å². The largest absolute Gasteiger partial charge is 0.309 e. The Hall–Kier alpha value is -0.900. The molecule has 3 nitrogen and oxygen atoms in total. The van der Waals surface area contributed by atoms with Gasteiger partial charge in [0.1, 0.15) is 0 Å². The van der Waals surface area contributed by atoms with Crippen molar-refractivity contribution in [3.63, 3.8) is 0 Å². The van der Waals surface area contributed by atoms with Crippen molar-refractivity contribution in [3.05, 3.63) is 34.9 Å². The molecule has 0 aliphatic rings. The molecule has 1 atom stereocenters. The molecule has 0 saturated heterocycles. The Kier molecular flexibility index (Phi) is 4.93. The number of nitrogens with two attached hydrogens (primary N) is 1. The van der Waals surface area contributed by atoms with Gasteiger partial charge in [0, 0.05) is 6.04 Å². The molecule has 3 N–H and O–H groups in total. The lowest BCUT2D eigenvalue weighted by Crippen LogP contribution is -2.30. The van der Waals surface area contributed by atoms with E-state index in [2.05, 4.69) is 56.5 Å². The summed E-state index contributed by atoms with van der Waals surface area (Å²) < 4.78 is 0. The van der Waals surface area contributed by atoms with E-state index in [1.165, 1.54) is 16.7 Å². The fourth-order valence-electron chi connectivity index (χ4n) is 1.71. The van der Waals surface area contributed by atoms with Crippen LogP contribution in [0.4, 0.5) is 0 Å². The van der Waals surface area contributed by atoms with E-state index in [-0.39, 0.29) is 6.04 Å². The van der Waals surface area contributed by atoms with Gasteiger partial charge in [-0.05, 0) is 57.6 Å². The van der Waals surface area contributed by atoms with Crippen molar-refractivity contribution in [2.45, 2.75) is 26.3 Å². The summed E-state index contributed by atoms with van der Waals surface area (Å²) in [6, 6.07) is 6.77. The first-order valence-corrected chi connectivity index (χ1v) is 5.72. The SMILES string of the molecule is Cc1ccc(C(CCN(C)C)NN)cc1C. The summed E-state index contributed by atoms with van der Waals surface area (Å²) in [5.41, 5.74) is 6.81. The average Bonchev–Trinajstić information content (AvgIpc) is 2.23. The maximum Gasteiger partial charge on any atom is 0.0472 e. The van der Waals surface area contributed by atoms with Crippen LogP contribution >= 0.6 is 0 Å². The van der Waals surface area contributed by atoms with Crippen LogP contribution in [0.25, 0.3) is 0 Å².